The smallest absolute Gasteiger partial charge is 0.257 e. The number of hydrogen-bond donors (Lipinski definition) is 0. The summed E-state index contributed by atoms with van der Waals surface area (Å²) in [4.78, 5) is 35.9. The first kappa shape index (κ1) is 30.2. The summed E-state index contributed by atoms with van der Waals surface area (Å²) in [5, 5.41) is 2.31. The van der Waals surface area contributed by atoms with Crippen molar-refractivity contribution < 1.29 is 19.1 Å². The molecule has 3 heterocycles. The summed E-state index contributed by atoms with van der Waals surface area (Å²) in [6.45, 7) is 1.37. The van der Waals surface area contributed by atoms with Crippen LogP contribution in [-0.2, 0) is 30.8 Å². The maximum Gasteiger partial charge on any atom is 0.257 e. The van der Waals surface area contributed by atoms with Crippen molar-refractivity contribution >= 4 is 51.8 Å². The van der Waals surface area contributed by atoms with E-state index in [1.54, 1.807) is 19.2 Å². The molecule has 0 saturated carbocycles. The van der Waals surface area contributed by atoms with Gasteiger partial charge >= 0.3 is 0 Å². The Morgan fingerprint density at radius 2 is 1.73 bits per heavy atom. The van der Waals surface area contributed by atoms with E-state index in [9.17, 15) is 9.59 Å². The number of nitrogens with zero attached hydrogens (tertiary/aromatic N) is 3. The highest BCUT2D eigenvalue weighted by Crippen LogP contribution is 2.42. The van der Waals surface area contributed by atoms with Crippen LogP contribution in [0.2, 0.25) is 0 Å². The third kappa shape index (κ3) is 5.38. The number of carbonyl (C=O) groups is 2. The summed E-state index contributed by atoms with van der Waals surface area (Å²) in [5.74, 6) is 1.47. The molecule has 0 bridgehead atoms. The lowest BCUT2D eigenvalue weighted by Gasteiger charge is -2.34. The lowest BCUT2D eigenvalue weighted by Crippen LogP contribution is -2.44. The van der Waals surface area contributed by atoms with Crippen LogP contribution < -0.4 is 14.4 Å². The fourth-order valence-electron chi connectivity index (χ4n) is 7.30. The molecule has 0 radical (unpaired) electrons. The summed E-state index contributed by atoms with van der Waals surface area (Å²) in [5.41, 5.74) is 7.37. The van der Waals surface area contributed by atoms with Crippen molar-refractivity contribution in [2.45, 2.75) is 38.0 Å². The number of amides is 2. The van der Waals surface area contributed by atoms with E-state index >= 15 is 0 Å². The largest absolute Gasteiger partial charge is 0.493 e. The minimum absolute atomic E-state index is 0.0339. The Morgan fingerprint density at radius 1 is 0.917 bits per heavy atom. The second-order valence-corrected chi connectivity index (χ2v) is 12.9. The van der Waals surface area contributed by atoms with E-state index in [-0.39, 0.29) is 36.8 Å². The van der Waals surface area contributed by atoms with Gasteiger partial charge in [-0.2, -0.15) is 0 Å². The van der Waals surface area contributed by atoms with Gasteiger partial charge in [0.05, 0.1) is 30.8 Å². The number of alkyl halides is 1. The summed E-state index contributed by atoms with van der Waals surface area (Å²) < 4.78 is 11.9. The molecule has 3 aliphatic heterocycles. The molecule has 3 aliphatic rings. The third-order valence-electron chi connectivity index (χ3n) is 9.73. The number of anilines is 1. The maximum absolute atomic E-state index is 13.7. The van der Waals surface area contributed by atoms with E-state index in [0.717, 1.165) is 45.1 Å². The van der Waals surface area contributed by atoms with Crippen LogP contribution in [0.25, 0.3) is 10.8 Å². The van der Waals surface area contributed by atoms with Crippen LogP contribution in [-0.4, -0.2) is 48.5 Å². The van der Waals surface area contributed by atoms with E-state index in [4.69, 9.17) is 26.1 Å². The number of methoxy groups -OCH3 is 1. The van der Waals surface area contributed by atoms with E-state index in [2.05, 4.69) is 30.3 Å². The van der Waals surface area contributed by atoms with Crippen LogP contribution >= 0.6 is 11.6 Å². The zero-order valence-electron chi connectivity index (χ0n) is 26.6. The number of aliphatic imine (C=N–C) groups is 1. The van der Waals surface area contributed by atoms with Gasteiger partial charge in [0, 0.05) is 42.9 Å². The summed E-state index contributed by atoms with van der Waals surface area (Å²) in [7, 11) is 1.57. The first-order valence-corrected chi connectivity index (χ1v) is 16.8. The molecule has 0 fully saturated rings. The van der Waals surface area contributed by atoms with Gasteiger partial charge in [-0.1, -0.05) is 78.9 Å². The quantitative estimate of drug-likeness (QED) is 0.169. The van der Waals surface area contributed by atoms with Gasteiger partial charge in [-0.05, 0) is 57.1 Å². The fourth-order valence-corrected chi connectivity index (χ4v) is 7.56. The molecule has 0 N–H and O–H groups in total. The molecule has 0 unspecified atom stereocenters. The molecule has 8 heteroatoms. The standard InChI is InChI=1S/C40H34ClN3O4/c1-47-36-18-33-34(42-21-31-17-28-10-2-3-11-29(28)22-43(31)40(33)46)19-37(36)48-24-26-8-6-7-25(15-26)16-38(45)44-23-30(20-41)39-32-12-5-4-9-27(32)13-14-35(39)44/h2-15,18-19,21,30-31H,16-17,20,22-24H2,1H3/t30-,31+/m1/s1. The molecule has 48 heavy (non-hydrogen) atoms. The van der Waals surface area contributed by atoms with E-state index < -0.39 is 0 Å². The molecule has 5 aromatic carbocycles. The van der Waals surface area contributed by atoms with Crippen molar-refractivity contribution in [2.75, 3.05) is 24.4 Å². The van der Waals surface area contributed by atoms with E-state index in [0.29, 0.717) is 41.7 Å². The monoisotopic (exact) mass is 655 g/mol. The summed E-state index contributed by atoms with van der Waals surface area (Å²) in [6.07, 6.45) is 2.86. The van der Waals surface area contributed by atoms with E-state index in [1.807, 2.05) is 70.6 Å². The van der Waals surface area contributed by atoms with Crippen LogP contribution in [0.1, 0.15) is 44.1 Å². The Hall–Kier alpha value is -5.14. The Bertz CT molecular complexity index is 2110. The molecule has 5 aromatic rings. The molecular formula is C40H34ClN3O4. The average Bonchev–Trinajstić information content (AvgIpc) is 3.46. The number of ether oxygens (including phenoxy) is 2. The first-order chi connectivity index (χ1) is 23.5. The van der Waals surface area contributed by atoms with Gasteiger partial charge in [0.1, 0.15) is 6.61 Å². The molecule has 2 atom stereocenters. The van der Waals surface area contributed by atoms with Gasteiger partial charge in [0.25, 0.3) is 5.91 Å². The normalized spacial score (nSPS) is 17.8. The second kappa shape index (κ2) is 12.5. The van der Waals surface area contributed by atoms with Gasteiger partial charge in [-0.3, -0.25) is 14.6 Å². The van der Waals surface area contributed by atoms with Crippen molar-refractivity contribution in [3.05, 3.63) is 130 Å². The predicted octanol–water partition coefficient (Wildman–Crippen LogP) is 7.62. The maximum atomic E-state index is 13.7. The zero-order valence-corrected chi connectivity index (χ0v) is 27.3. The number of benzene rings is 5. The zero-order chi connectivity index (χ0) is 32.8. The molecule has 0 saturated heterocycles. The van der Waals surface area contributed by atoms with Crippen LogP contribution in [0.4, 0.5) is 11.4 Å². The van der Waals surface area contributed by atoms with E-state index in [1.165, 1.54) is 5.56 Å². The molecular weight excluding hydrogens is 622 g/mol. The lowest BCUT2D eigenvalue weighted by molar-refractivity contribution is -0.117. The van der Waals surface area contributed by atoms with Crippen molar-refractivity contribution in [3.8, 4) is 11.5 Å². The van der Waals surface area contributed by atoms with Crippen molar-refractivity contribution in [3.63, 3.8) is 0 Å². The Morgan fingerprint density at radius 3 is 2.58 bits per heavy atom. The number of rotatable bonds is 7. The van der Waals surface area contributed by atoms with Gasteiger partial charge in [0.2, 0.25) is 5.91 Å². The molecule has 7 nitrogen and oxygen atoms in total. The minimum atomic E-state index is -0.116. The first-order valence-electron chi connectivity index (χ1n) is 16.2. The topological polar surface area (TPSA) is 71.4 Å². The van der Waals surface area contributed by atoms with Crippen molar-refractivity contribution in [1.82, 2.24) is 4.90 Å². The summed E-state index contributed by atoms with van der Waals surface area (Å²) >= 11 is 6.41. The number of hydrogen-bond acceptors (Lipinski definition) is 5. The third-order valence-corrected chi connectivity index (χ3v) is 10.1. The molecule has 8 rings (SSSR count). The van der Waals surface area contributed by atoms with Gasteiger partial charge in [-0.25, -0.2) is 0 Å². The number of halogens is 1. The minimum Gasteiger partial charge on any atom is -0.493 e. The highest BCUT2D eigenvalue weighted by Gasteiger charge is 2.34. The van der Waals surface area contributed by atoms with Gasteiger partial charge in [0.15, 0.2) is 11.5 Å². The molecule has 0 spiro atoms. The highest BCUT2D eigenvalue weighted by molar-refractivity contribution is 6.19. The Labute approximate surface area is 284 Å². The highest BCUT2D eigenvalue weighted by atomic mass is 35.5. The van der Waals surface area contributed by atoms with Gasteiger partial charge in [-0.15, -0.1) is 11.6 Å². The molecule has 2 amide bonds. The van der Waals surface area contributed by atoms with Gasteiger partial charge < -0.3 is 19.3 Å². The average molecular weight is 656 g/mol. The van der Waals surface area contributed by atoms with Crippen LogP contribution in [0, 0.1) is 0 Å². The second-order valence-electron chi connectivity index (χ2n) is 12.6. The number of carbonyl (C=O) groups excluding carboxylic acids is 2. The fraction of sp³-hybridized carbons (Fsp3) is 0.225. The van der Waals surface area contributed by atoms with Crippen LogP contribution in [0.3, 0.4) is 0 Å². The van der Waals surface area contributed by atoms with Crippen LogP contribution in [0.15, 0.2) is 102 Å². The molecule has 0 aliphatic carbocycles. The summed E-state index contributed by atoms with van der Waals surface area (Å²) in [6, 6.07) is 31.9. The lowest BCUT2D eigenvalue weighted by atomic mass is 9.94. The SMILES string of the molecule is COc1cc2c(cc1OCc1cccc(CC(=O)N3C[C@@H](CCl)c4c3ccc3ccccc43)c1)N=C[C@@H]1Cc3ccccc3CN1C2=O. The van der Waals surface area contributed by atoms with Crippen molar-refractivity contribution in [2.24, 2.45) is 4.99 Å². The molecule has 240 valence electrons. The number of fused-ring (bicyclic) bond motifs is 6. The Balaban J connectivity index is 0.990. The van der Waals surface area contributed by atoms with Crippen molar-refractivity contribution in [1.29, 1.82) is 0 Å². The van der Waals surface area contributed by atoms with Crippen LogP contribution in [0.5, 0.6) is 11.5 Å². The molecule has 0 aromatic heterocycles. The Kier molecular flexibility index (Phi) is 7.85. The predicted molar refractivity (Wildman–Crippen MR) is 189 cm³/mol.